The highest BCUT2D eigenvalue weighted by Crippen LogP contribution is 2.29. The Kier molecular flexibility index (Phi) is 10.5. The van der Waals surface area contributed by atoms with E-state index in [1.165, 1.54) is 36.3 Å². The predicted molar refractivity (Wildman–Crippen MR) is 195 cm³/mol. The third-order valence-corrected chi connectivity index (χ3v) is 9.84. The third kappa shape index (κ3) is 7.79. The number of halogens is 2. The summed E-state index contributed by atoms with van der Waals surface area (Å²) in [6.07, 6.45) is 3.96. The van der Waals surface area contributed by atoms with Gasteiger partial charge < -0.3 is 24.4 Å². The van der Waals surface area contributed by atoms with Crippen LogP contribution in [-0.4, -0.2) is 91.8 Å². The van der Waals surface area contributed by atoms with Crippen molar-refractivity contribution in [1.82, 2.24) is 39.6 Å². The number of aromatic nitrogens is 6. The van der Waals surface area contributed by atoms with Gasteiger partial charge in [0.2, 0.25) is 5.95 Å². The van der Waals surface area contributed by atoms with Crippen LogP contribution in [0.15, 0.2) is 97.3 Å². The number of para-hydroxylation sites is 2. The number of likely N-dealkylation sites (tertiary alicyclic amines) is 1. The molecule has 1 aliphatic heterocycles. The molecule has 1 aliphatic rings. The lowest BCUT2D eigenvalue weighted by Gasteiger charge is -2.34. The maximum absolute atomic E-state index is 15.2. The fraction of sp³-hybridized carbons (Fsp3) is 0.308. The third-order valence-electron chi connectivity index (χ3n) is 9.84. The van der Waals surface area contributed by atoms with Crippen molar-refractivity contribution in [2.75, 3.05) is 45.7 Å². The zero-order valence-electron chi connectivity index (χ0n) is 29.2. The molecule has 52 heavy (non-hydrogen) atoms. The first-order valence-corrected chi connectivity index (χ1v) is 17.5. The summed E-state index contributed by atoms with van der Waals surface area (Å²) in [6.45, 7) is 3.40. The van der Waals surface area contributed by atoms with Gasteiger partial charge in [-0.15, -0.1) is 5.10 Å². The fourth-order valence-corrected chi connectivity index (χ4v) is 7.00. The van der Waals surface area contributed by atoms with E-state index in [0.29, 0.717) is 42.1 Å². The summed E-state index contributed by atoms with van der Waals surface area (Å²) in [5.41, 5.74) is 4.51. The van der Waals surface area contributed by atoms with Crippen LogP contribution >= 0.6 is 0 Å². The smallest absolute Gasteiger partial charge is 0.257 e. The van der Waals surface area contributed by atoms with Gasteiger partial charge in [0.15, 0.2) is 0 Å². The number of amides is 1. The molecule has 1 unspecified atom stereocenters. The standard InChI is InChI=1S/C39H41F2N9O2/c1-47(38(51)33-23-31(15-16-37(33)52-2)50-26-42-45-46-50)25-28(32-7-3-4-8-34(32)41)17-20-48-21-18-30(19-22-48)43-39-44-35-9-5-6-10-36(35)49(39)24-27-11-13-29(40)14-12-27/h3-16,23,26,28,30H,17-22,24-25H2,1-2H3,(H,43,44). The molecule has 1 fully saturated rings. The zero-order chi connectivity index (χ0) is 36.0. The first-order valence-electron chi connectivity index (χ1n) is 17.5. The molecule has 0 bridgehead atoms. The van der Waals surface area contributed by atoms with Crippen LogP contribution in [0, 0.1) is 11.6 Å². The number of carbonyl (C=O) groups excluding carboxylic acids is 1. The molecule has 0 spiro atoms. The van der Waals surface area contributed by atoms with Crippen molar-refractivity contribution in [2.24, 2.45) is 0 Å². The first kappa shape index (κ1) is 34.7. The number of benzene rings is 4. The molecule has 1 atom stereocenters. The normalized spacial score (nSPS) is 14.4. The molecule has 0 radical (unpaired) electrons. The topological polar surface area (TPSA) is 106 Å². The van der Waals surface area contributed by atoms with E-state index in [-0.39, 0.29) is 29.5 Å². The van der Waals surface area contributed by atoms with E-state index in [1.807, 2.05) is 42.5 Å². The lowest BCUT2D eigenvalue weighted by atomic mass is 9.93. The Morgan fingerprint density at radius 2 is 1.77 bits per heavy atom. The number of imidazole rings is 1. The van der Waals surface area contributed by atoms with Crippen molar-refractivity contribution in [1.29, 1.82) is 0 Å². The highest BCUT2D eigenvalue weighted by Gasteiger charge is 2.26. The molecule has 7 rings (SSSR count). The van der Waals surface area contributed by atoms with E-state index in [9.17, 15) is 9.18 Å². The van der Waals surface area contributed by atoms with Crippen molar-refractivity contribution in [2.45, 2.75) is 37.8 Å². The van der Waals surface area contributed by atoms with E-state index >= 15 is 4.39 Å². The molecule has 13 heteroatoms. The number of fused-ring (bicyclic) bond motifs is 1. The van der Waals surface area contributed by atoms with Gasteiger partial charge >= 0.3 is 0 Å². The van der Waals surface area contributed by atoms with Gasteiger partial charge in [-0.05, 0) is 95.9 Å². The second-order valence-electron chi connectivity index (χ2n) is 13.2. The largest absolute Gasteiger partial charge is 0.496 e. The number of nitrogens with one attached hydrogen (secondary N) is 1. The van der Waals surface area contributed by atoms with Crippen LogP contribution in [0.2, 0.25) is 0 Å². The van der Waals surface area contributed by atoms with E-state index < -0.39 is 0 Å². The molecule has 2 aromatic heterocycles. The van der Waals surface area contributed by atoms with Crippen molar-refractivity contribution < 1.29 is 18.3 Å². The quantitative estimate of drug-likeness (QED) is 0.152. The van der Waals surface area contributed by atoms with Crippen LogP contribution in [0.5, 0.6) is 5.75 Å². The highest BCUT2D eigenvalue weighted by atomic mass is 19.1. The Labute approximate surface area is 300 Å². The van der Waals surface area contributed by atoms with Gasteiger partial charge in [0.05, 0.1) is 35.9 Å². The lowest BCUT2D eigenvalue weighted by molar-refractivity contribution is 0.0777. The molecule has 0 saturated carbocycles. The van der Waals surface area contributed by atoms with Gasteiger partial charge in [-0.3, -0.25) is 4.79 Å². The Morgan fingerprint density at radius 1 is 1.00 bits per heavy atom. The highest BCUT2D eigenvalue weighted by molar-refractivity contribution is 5.97. The van der Waals surface area contributed by atoms with Gasteiger partial charge in [-0.1, -0.05) is 42.5 Å². The van der Waals surface area contributed by atoms with E-state index in [1.54, 1.807) is 36.2 Å². The van der Waals surface area contributed by atoms with Gasteiger partial charge in [0.25, 0.3) is 5.91 Å². The van der Waals surface area contributed by atoms with Crippen LogP contribution < -0.4 is 10.1 Å². The van der Waals surface area contributed by atoms with E-state index in [4.69, 9.17) is 9.72 Å². The van der Waals surface area contributed by atoms with Crippen LogP contribution in [0.25, 0.3) is 16.7 Å². The summed E-state index contributed by atoms with van der Waals surface area (Å²) >= 11 is 0. The molecular formula is C39H41F2N9O2. The summed E-state index contributed by atoms with van der Waals surface area (Å²) in [6, 6.07) is 26.9. The second kappa shape index (κ2) is 15.7. The molecule has 4 aromatic carbocycles. The molecular weight excluding hydrogens is 664 g/mol. The van der Waals surface area contributed by atoms with Gasteiger partial charge in [-0.25, -0.2) is 18.4 Å². The number of methoxy groups -OCH3 is 1. The summed E-state index contributed by atoms with van der Waals surface area (Å²) in [5.74, 6) is 0.221. The van der Waals surface area contributed by atoms with Crippen LogP contribution in [0.4, 0.5) is 14.7 Å². The molecule has 3 heterocycles. The first-order chi connectivity index (χ1) is 25.4. The van der Waals surface area contributed by atoms with E-state index in [2.05, 4.69) is 36.4 Å². The van der Waals surface area contributed by atoms with Gasteiger partial charge in [-0.2, -0.15) is 0 Å². The minimum atomic E-state index is -0.280. The average molecular weight is 706 g/mol. The lowest BCUT2D eigenvalue weighted by Crippen LogP contribution is -2.41. The predicted octanol–water partition coefficient (Wildman–Crippen LogP) is 6.17. The van der Waals surface area contributed by atoms with E-state index in [0.717, 1.165) is 55.0 Å². The van der Waals surface area contributed by atoms with Gasteiger partial charge in [0, 0.05) is 38.6 Å². The summed E-state index contributed by atoms with van der Waals surface area (Å²) in [4.78, 5) is 22.8. The molecule has 1 saturated heterocycles. The van der Waals surface area contributed by atoms with Crippen molar-refractivity contribution in [3.05, 3.63) is 126 Å². The fourth-order valence-electron chi connectivity index (χ4n) is 7.00. The number of rotatable bonds is 13. The average Bonchev–Trinajstić information content (AvgIpc) is 3.83. The minimum absolute atomic E-state index is 0.227. The Balaban J connectivity index is 1.00. The number of ether oxygens (including phenoxy) is 1. The van der Waals surface area contributed by atoms with Crippen LogP contribution in [-0.2, 0) is 6.54 Å². The molecule has 11 nitrogen and oxygen atoms in total. The molecule has 268 valence electrons. The molecule has 1 N–H and O–H groups in total. The SMILES string of the molecule is COc1ccc(-n2cnnn2)cc1C(=O)N(C)CC(CCN1CCC(Nc2nc3ccccc3n2Cc2ccc(F)cc2)CC1)c1ccccc1F. The summed E-state index contributed by atoms with van der Waals surface area (Å²) in [7, 11) is 3.26. The maximum atomic E-state index is 15.2. The molecule has 6 aromatic rings. The van der Waals surface area contributed by atoms with Gasteiger partial charge in [0.1, 0.15) is 23.7 Å². The minimum Gasteiger partial charge on any atom is -0.496 e. The molecule has 0 aliphatic carbocycles. The Hall–Kier alpha value is -5.69. The maximum Gasteiger partial charge on any atom is 0.257 e. The van der Waals surface area contributed by atoms with Crippen molar-refractivity contribution >= 4 is 22.9 Å². The zero-order valence-corrected chi connectivity index (χ0v) is 29.2. The summed E-state index contributed by atoms with van der Waals surface area (Å²) in [5, 5.41) is 15.0. The number of piperidine rings is 1. The second-order valence-corrected chi connectivity index (χ2v) is 13.2. The molecule has 1 amide bonds. The number of hydrogen-bond donors (Lipinski definition) is 1. The van der Waals surface area contributed by atoms with Crippen molar-refractivity contribution in [3.63, 3.8) is 0 Å². The Bertz CT molecular complexity index is 2110. The summed E-state index contributed by atoms with van der Waals surface area (Å²) < 4.78 is 38.0. The van der Waals surface area contributed by atoms with Crippen LogP contribution in [0.1, 0.15) is 46.7 Å². The number of hydrogen-bond acceptors (Lipinski definition) is 8. The Morgan fingerprint density at radius 3 is 2.52 bits per heavy atom. The monoisotopic (exact) mass is 705 g/mol. The number of anilines is 1. The van der Waals surface area contributed by atoms with Crippen LogP contribution in [0.3, 0.4) is 0 Å². The number of likely N-dealkylation sites (N-methyl/N-ethyl adjacent to an activating group) is 1. The number of carbonyl (C=O) groups is 1. The van der Waals surface area contributed by atoms with Crippen molar-refractivity contribution in [3.8, 4) is 11.4 Å². The number of nitrogens with zero attached hydrogens (tertiary/aromatic N) is 8. The number of tetrazole rings is 1.